The van der Waals surface area contributed by atoms with E-state index < -0.39 is 0 Å². The number of likely N-dealkylation sites (N-methyl/N-ethyl adjacent to an activating group) is 1. The predicted molar refractivity (Wildman–Crippen MR) is 98.3 cm³/mol. The molecule has 3 heterocycles. The fourth-order valence-corrected chi connectivity index (χ4v) is 3.84. The summed E-state index contributed by atoms with van der Waals surface area (Å²) in [6.07, 6.45) is 2.30. The Morgan fingerprint density at radius 2 is 1.84 bits per heavy atom. The van der Waals surface area contributed by atoms with E-state index >= 15 is 0 Å². The van der Waals surface area contributed by atoms with E-state index in [0.717, 1.165) is 31.7 Å². The van der Waals surface area contributed by atoms with Gasteiger partial charge in [-0.3, -0.25) is 19.4 Å². The number of para-hydroxylation sites is 1. The molecule has 6 heteroatoms. The number of piperidine rings is 1. The summed E-state index contributed by atoms with van der Waals surface area (Å²) in [5, 5.41) is 2.97. The zero-order chi connectivity index (χ0) is 17.8. The molecule has 0 aliphatic carbocycles. The van der Waals surface area contributed by atoms with E-state index in [1.165, 1.54) is 6.42 Å². The number of rotatable bonds is 5. The second-order valence-electron chi connectivity index (χ2n) is 7.42. The third kappa shape index (κ3) is 4.80. The summed E-state index contributed by atoms with van der Waals surface area (Å²) in [5.74, 6) is 0.725. The maximum atomic E-state index is 12.4. The van der Waals surface area contributed by atoms with Gasteiger partial charge < -0.3 is 10.2 Å². The van der Waals surface area contributed by atoms with Crippen LogP contribution in [0.4, 0.5) is 5.69 Å². The number of amides is 2. The zero-order valence-corrected chi connectivity index (χ0v) is 15.1. The van der Waals surface area contributed by atoms with Gasteiger partial charge in [0, 0.05) is 45.5 Å². The summed E-state index contributed by atoms with van der Waals surface area (Å²) in [6.45, 7) is 3.66. The first-order chi connectivity index (χ1) is 12.0. The molecule has 0 unspecified atom stereocenters. The van der Waals surface area contributed by atoms with E-state index in [-0.39, 0.29) is 11.8 Å². The highest BCUT2D eigenvalue weighted by Crippen LogP contribution is 2.27. The molecule has 0 saturated carbocycles. The second-order valence-corrected chi connectivity index (χ2v) is 7.42. The fourth-order valence-electron chi connectivity index (χ4n) is 3.84. The Hall–Kier alpha value is -1.92. The lowest BCUT2D eigenvalue weighted by molar-refractivity contribution is -0.130. The summed E-state index contributed by atoms with van der Waals surface area (Å²) in [4.78, 5) is 30.6. The average Bonchev–Trinajstić information content (AvgIpc) is 2.86. The van der Waals surface area contributed by atoms with Crippen LogP contribution in [-0.2, 0) is 9.59 Å². The van der Waals surface area contributed by atoms with Crippen LogP contribution >= 0.6 is 0 Å². The molecule has 0 spiro atoms. The van der Waals surface area contributed by atoms with E-state index in [9.17, 15) is 9.59 Å². The molecule has 136 valence electrons. The molecule has 0 radical (unpaired) electrons. The van der Waals surface area contributed by atoms with Gasteiger partial charge in [0.15, 0.2) is 0 Å². The highest BCUT2D eigenvalue weighted by atomic mass is 16.2. The second kappa shape index (κ2) is 7.97. The van der Waals surface area contributed by atoms with Crippen molar-refractivity contribution in [2.24, 2.45) is 5.92 Å². The van der Waals surface area contributed by atoms with Gasteiger partial charge in [0.05, 0.1) is 13.1 Å². The maximum Gasteiger partial charge on any atom is 0.238 e. The Labute approximate surface area is 149 Å². The fraction of sp³-hybridized carbons (Fsp3) is 0.579. The van der Waals surface area contributed by atoms with Crippen molar-refractivity contribution >= 4 is 17.5 Å². The van der Waals surface area contributed by atoms with Crippen LogP contribution in [0.2, 0.25) is 0 Å². The van der Waals surface area contributed by atoms with Crippen LogP contribution in [0.1, 0.15) is 12.8 Å². The Morgan fingerprint density at radius 3 is 2.56 bits per heavy atom. The molecule has 1 aromatic carbocycles. The van der Waals surface area contributed by atoms with Crippen molar-refractivity contribution in [3.63, 3.8) is 0 Å². The standard InChI is InChI=1S/C19H28N4O2/c1-21(2)19(25)14-22-10-15-8-9-17(12-22)23(11-15)13-18(24)20-16-6-4-3-5-7-16/h3-7,15,17H,8-14H2,1-2H3,(H,20,24)/t15-,17+/m0/s1. The minimum atomic E-state index is 0.0367. The molecule has 2 atom stereocenters. The van der Waals surface area contributed by atoms with Gasteiger partial charge in [-0.25, -0.2) is 0 Å². The number of carbonyl (C=O) groups excluding carboxylic acids is 2. The molecule has 1 N–H and O–H groups in total. The Bertz CT molecular complexity index is 605. The molecule has 3 saturated heterocycles. The Morgan fingerprint density at radius 1 is 1.08 bits per heavy atom. The largest absolute Gasteiger partial charge is 0.348 e. The summed E-state index contributed by atoms with van der Waals surface area (Å²) >= 11 is 0. The number of nitrogens with zero attached hydrogens (tertiary/aromatic N) is 3. The van der Waals surface area contributed by atoms with Gasteiger partial charge in [-0.15, -0.1) is 0 Å². The highest BCUT2D eigenvalue weighted by molar-refractivity contribution is 5.92. The van der Waals surface area contributed by atoms with Crippen molar-refractivity contribution in [1.29, 1.82) is 0 Å². The van der Waals surface area contributed by atoms with Gasteiger partial charge in [-0.1, -0.05) is 18.2 Å². The number of benzene rings is 1. The van der Waals surface area contributed by atoms with Gasteiger partial charge in [-0.05, 0) is 30.9 Å². The molecule has 2 bridgehead atoms. The number of hydrogen-bond donors (Lipinski definition) is 1. The lowest BCUT2D eigenvalue weighted by Gasteiger charge is -2.35. The minimum absolute atomic E-state index is 0.0367. The SMILES string of the molecule is CN(C)C(=O)CN1C[C@@H]2CC[C@H](C1)N(CC(=O)Nc1ccccc1)C2. The predicted octanol–water partition coefficient (Wildman–Crippen LogP) is 1.11. The third-order valence-corrected chi connectivity index (χ3v) is 5.16. The van der Waals surface area contributed by atoms with Crippen molar-refractivity contribution in [3.05, 3.63) is 30.3 Å². The van der Waals surface area contributed by atoms with Gasteiger partial charge in [-0.2, -0.15) is 0 Å². The van der Waals surface area contributed by atoms with Crippen LogP contribution in [0.5, 0.6) is 0 Å². The number of anilines is 1. The van der Waals surface area contributed by atoms with Crippen LogP contribution in [0.15, 0.2) is 30.3 Å². The molecule has 4 rings (SSSR count). The lowest BCUT2D eigenvalue weighted by Crippen LogP contribution is -2.47. The van der Waals surface area contributed by atoms with Crippen molar-refractivity contribution in [2.75, 3.05) is 52.1 Å². The molecular formula is C19H28N4O2. The molecule has 1 aromatic rings. The van der Waals surface area contributed by atoms with E-state index in [2.05, 4.69) is 15.1 Å². The summed E-state index contributed by atoms with van der Waals surface area (Å²) in [6, 6.07) is 9.94. The van der Waals surface area contributed by atoms with Gasteiger partial charge in [0.1, 0.15) is 0 Å². The smallest absolute Gasteiger partial charge is 0.238 e. The lowest BCUT2D eigenvalue weighted by atomic mass is 9.95. The van der Waals surface area contributed by atoms with Gasteiger partial charge in [0.25, 0.3) is 0 Å². The summed E-state index contributed by atoms with van der Waals surface area (Å²) in [5.41, 5.74) is 0.839. The van der Waals surface area contributed by atoms with Crippen molar-refractivity contribution in [1.82, 2.24) is 14.7 Å². The third-order valence-electron chi connectivity index (χ3n) is 5.16. The van der Waals surface area contributed by atoms with Gasteiger partial charge >= 0.3 is 0 Å². The van der Waals surface area contributed by atoms with Crippen LogP contribution < -0.4 is 5.32 Å². The van der Waals surface area contributed by atoms with Gasteiger partial charge in [0.2, 0.25) is 11.8 Å². The van der Waals surface area contributed by atoms with Crippen molar-refractivity contribution in [2.45, 2.75) is 18.9 Å². The number of nitrogens with one attached hydrogen (secondary N) is 1. The van der Waals surface area contributed by atoms with E-state index in [1.807, 2.05) is 30.3 Å². The van der Waals surface area contributed by atoms with E-state index in [4.69, 9.17) is 0 Å². The molecule has 6 nitrogen and oxygen atoms in total. The molecular weight excluding hydrogens is 316 g/mol. The average molecular weight is 344 g/mol. The maximum absolute atomic E-state index is 12.4. The van der Waals surface area contributed by atoms with Crippen molar-refractivity contribution in [3.8, 4) is 0 Å². The molecule has 3 aliphatic heterocycles. The molecule has 2 amide bonds. The quantitative estimate of drug-likeness (QED) is 0.869. The first kappa shape index (κ1) is 17.9. The van der Waals surface area contributed by atoms with Crippen LogP contribution in [0.3, 0.4) is 0 Å². The minimum Gasteiger partial charge on any atom is -0.348 e. The molecule has 25 heavy (non-hydrogen) atoms. The van der Waals surface area contributed by atoms with E-state index in [0.29, 0.717) is 25.0 Å². The van der Waals surface area contributed by atoms with Crippen LogP contribution in [0, 0.1) is 5.92 Å². The summed E-state index contributed by atoms with van der Waals surface area (Å²) < 4.78 is 0. The molecule has 3 fully saturated rings. The number of hydrogen-bond acceptors (Lipinski definition) is 4. The van der Waals surface area contributed by atoms with E-state index in [1.54, 1.807) is 19.0 Å². The zero-order valence-electron chi connectivity index (χ0n) is 15.1. The van der Waals surface area contributed by atoms with Crippen LogP contribution in [0.25, 0.3) is 0 Å². The molecule has 0 aromatic heterocycles. The Kier molecular flexibility index (Phi) is 5.71. The molecule has 3 aliphatic rings. The monoisotopic (exact) mass is 344 g/mol. The first-order valence-electron chi connectivity index (χ1n) is 9.02. The number of carbonyl (C=O) groups is 2. The first-order valence-corrected chi connectivity index (χ1v) is 9.02. The Balaban J connectivity index is 1.57. The van der Waals surface area contributed by atoms with Crippen LogP contribution in [-0.4, -0.2) is 79.4 Å². The normalized spacial score (nSPS) is 23.9. The van der Waals surface area contributed by atoms with Crippen molar-refractivity contribution < 1.29 is 9.59 Å². The number of fused-ring (bicyclic) bond motifs is 4. The highest BCUT2D eigenvalue weighted by Gasteiger charge is 2.36. The topological polar surface area (TPSA) is 55.9 Å². The summed E-state index contributed by atoms with van der Waals surface area (Å²) in [7, 11) is 3.60.